The Labute approximate surface area is 128 Å². The van der Waals surface area contributed by atoms with E-state index in [0.29, 0.717) is 18.0 Å². The maximum Gasteiger partial charge on any atom is 0.240 e. The standard InChI is InChI=1S/C16H26N2O2S/c1-3-11-17-12-14-7-4-5-8-15(14)21(19,20)18-13-16(2)9-6-10-16/h4-5,7-8,17-18H,3,6,9-13H2,1-2H3. The third-order valence-corrected chi connectivity index (χ3v) is 5.76. The molecule has 1 saturated carbocycles. The summed E-state index contributed by atoms with van der Waals surface area (Å²) in [6.45, 7) is 6.25. The Morgan fingerprint density at radius 1 is 1.24 bits per heavy atom. The highest BCUT2D eigenvalue weighted by Crippen LogP contribution is 2.39. The van der Waals surface area contributed by atoms with Crippen LogP contribution in [0.15, 0.2) is 29.2 Å². The van der Waals surface area contributed by atoms with Crippen LogP contribution in [0, 0.1) is 5.41 Å². The first-order chi connectivity index (χ1) is 9.97. The van der Waals surface area contributed by atoms with Gasteiger partial charge in [0.1, 0.15) is 0 Å². The summed E-state index contributed by atoms with van der Waals surface area (Å²) in [6.07, 6.45) is 4.45. The fraction of sp³-hybridized carbons (Fsp3) is 0.625. The predicted octanol–water partition coefficient (Wildman–Crippen LogP) is 2.65. The molecule has 0 aliphatic heterocycles. The zero-order valence-electron chi connectivity index (χ0n) is 13.0. The van der Waals surface area contributed by atoms with E-state index < -0.39 is 10.0 Å². The van der Waals surface area contributed by atoms with E-state index in [4.69, 9.17) is 0 Å². The Bertz CT molecular complexity index is 565. The molecule has 1 aliphatic rings. The molecular formula is C16H26N2O2S. The minimum Gasteiger partial charge on any atom is -0.313 e. The number of hydrogen-bond acceptors (Lipinski definition) is 3. The van der Waals surface area contributed by atoms with E-state index in [1.54, 1.807) is 12.1 Å². The molecule has 0 unspecified atom stereocenters. The lowest BCUT2D eigenvalue weighted by molar-refractivity contribution is 0.166. The van der Waals surface area contributed by atoms with Crippen LogP contribution in [0.4, 0.5) is 0 Å². The zero-order chi connectivity index (χ0) is 15.3. The largest absolute Gasteiger partial charge is 0.313 e. The molecule has 0 aromatic heterocycles. The molecule has 1 aromatic rings. The van der Waals surface area contributed by atoms with Crippen molar-refractivity contribution < 1.29 is 8.42 Å². The van der Waals surface area contributed by atoms with Crippen LogP contribution < -0.4 is 10.0 Å². The topological polar surface area (TPSA) is 58.2 Å². The lowest BCUT2D eigenvalue weighted by Gasteiger charge is -2.38. The van der Waals surface area contributed by atoms with Gasteiger partial charge >= 0.3 is 0 Å². The molecule has 1 fully saturated rings. The van der Waals surface area contributed by atoms with Gasteiger partial charge in [0.05, 0.1) is 4.90 Å². The summed E-state index contributed by atoms with van der Waals surface area (Å²) in [7, 11) is -3.43. The average Bonchev–Trinajstić information content (AvgIpc) is 2.44. The molecule has 0 heterocycles. The smallest absolute Gasteiger partial charge is 0.240 e. The Morgan fingerprint density at radius 3 is 2.57 bits per heavy atom. The molecule has 0 saturated heterocycles. The van der Waals surface area contributed by atoms with Crippen LogP contribution in [0.1, 0.15) is 45.1 Å². The summed E-state index contributed by atoms with van der Waals surface area (Å²) in [6, 6.07) is 7.23. The Morgan fingerprint density at radius 2 is 1.95 bits per heavy atom. The predicted molar refractivity (Wildman–Crippen MR) is 85.6 cm³/mol. The number of hydrogen-bond donors (Lipinski definition) is 2. The minimum absolute atomic E-state index is 0.141. The Hall–Kier alpha value is -0.910. The van der Waals surface area contributed by atoms with Crippen LogP contribution in [-0.2, 0) is 16.6 Å². The maximum atomic E-state index is 12.5. The van der Waals surface area contributed by atoms with E-state index >= 15 is 0 Å². The van der Waals surface area contributed by atoms with E-state index in [0.717, 1.165) is 31.4 Å². The maximum absolute atomic E-state index is 12.5. The second-order valence-corrected chi connectivity index (χ2v) is 8.01. The van der Waals surface area contributed by atoms with Crippen molar-refractivity contribution in [2.75, 3.05) is 13.1 Å². The highest BCUT2D eigenvalue weighted by Gasteiger charge is 2.33. The fourth-order valence-corrected chi connectivity index (χ4v) is 4.05. The van der Waals surface area contributed by atoms with Gasteiger partial charge in [0.25, 0.3) is 0 Å². The summed E-state index contributed by atoms with van der Waals surface area (Å²) >= 11 is 0. The van der Waals surface area contributed by atoms with E-state index in [1.807, 2.05) is 12.1 Å². The van der Waals surface area contributed by atoms with E-state index in [9.17, 15) is 8.42 Å². The van der Waals surface area contributed by atoms with Crippen molar-refractivity contribution in [2.24, 2.45) is 5.41 Å². The highest BCUT2D eigenvalue weighted by molar-refractivity contribution is 7.89. The average molecular weight is 310 g/mol. The highest BCUT2D eigenvalue weighted by atomic mass is 32.2. The molecule has 0 radical (unpaired) electrons. The molecule has 21 heavy (non-hydrogen) atoms. The van der Waals surface area contributed by atoms with E-state index in [1.165, 1.54) is 6.42 Å². The van der Waals surface area contributed by atoms with Crippen molar-refractivity contribution in [1.29, 1.82) is 0 Å². The van der Waals surface area contributed by atoms with Crippen LogP contribution in [0.2, 0.25) is 0 Å². The SMILES string of the molecule is CCCNCc1ccccc1S(=O)(=O)NCC1(C)CCC1. The number of nitrogens with one attached hydrogen (secondary N) is 2. The minimum atomic E-state index is -3.43. The quantitative estimate of drug-likeness (QED) is 0.726. The van der Waals surface area contributed by atoms with E-state index in [-0.39, 0.29) is 5.41 Å². The van der Waals surface area contributed by atoms with Gasteiger partial charge in [0, 0.05) is 13.1 Å². The summed E-state index contributed by atoms with van der Waals surface area (Å²) in [5.74, 6) is 0. The van der Waals surface area contributed by atoms with Gasteiger partial charge in [-0.05, 0) is 42.9 Å². The molecule has 0 amide bonds. The normalized spacial score (nSPS) is 17.4. The van der Waals surface area contributed by atoms with Gasteiger partial charge in [0.2, 0.25) is 10.0 Å². The van der Waals surface area contributed by atoms with Crippen LogP contribution >= 0.6 is 0 Å². The van der Waals surface area contributed by atoms with Crippen molar-refractivity contribution in [1.82, 2.24) is 10.0 Å². The van der Waals surface area contributed by atoms with Gasteiger partial charge in [-0.15, -0.1) is 0 Å². The lowest BCUT2D eigenvalue weighted by Crippen LogP contribution is -2.40. The van der Waals surface area contributed by atoms with Gasteiger partial charge in [-0.25, -0.2) is 13.1 Å². The van der Waals surface area contributed by atoms with Gasteiger partial charge < -0.3 is 5.32 Å². The third-order valence-electron chi connectivity index (χ3n) is 4.25. The molecule has 0 bridgehead atoms. The van der Waals surface area contributed by atoms with Crippen molar-refractivity contribution in [3.63, 3.8) is 0 Å². The molecule has 4 nitrogen and oxygen atoms in total. The van der Waals surface area contributed by atoms with Crippen molar-refractivity contribution >= 4 is 10.0 Å². The van der Waals surface area contributed by atoms with Crippen molar-refractivity contribution in [3.05, 3.63) is 29.8 Å². The first-order valence-electron chi connectivity index (χ1n) is 7.75. The molecule has 118 valence electrons. The molecular weight excluding hydrogens is 284 g/mol. The first kappa shape index (κ1) is 16.5. The third kappa shape index (κ3) is 4.28. The molecule has 0 atom stereocenters. The number of sulfonamides is 1. The summed E-state index contributed by atoms with van der Waals surface area (Å²) < 4.78 is 27.9. The molecule has 0 spiro atoms. The van der Waals surface area contributed by atoms with E-state index in [2.05, 4.69) is 23.9 Å². The summed E-state index contributed by atoms with van der Waals surface area (Å²) in [5.41, 5.74) is 0.972. The second kappa shape index (κ2) is 6.90. The van der Waals surface area contributed by atoms with Gasteiger partial charge in [-0.3, -0.25) is 0 Å². The summed E-state index contributed by atoms with van der Waals surface area (Å²) in [5, 5.41) is 3.27. The Kier molecular flexibility index (Phi) is 5.41. The second-order valence-electron chi connectivity index (χ2n) is 6.27. The number of benzene rings is 1. The summed E-state index contributed by atoms with van der Waals surface area (Å²) in [4.78, 5) is 0.400. The molecule has 1 aliphatic carbocycles. The van der Waals surface area contributed by atoms with Gasteiger partial charge in [-0.1, -0.05) is 38.5 Å². The lowest BCUT2D eigenvalue weighted by atomic mass is 9.71. The molecule has 5 heteroatoms. The van der Waals surface area contributed by atoms with Gasteiger partial charge in [0.15, 0.2) is 0 Å². The number of rotatable bonds is 8. The van der Waals surface area contributed by atoms with Crippen LogP contribution in [0.3, 0.4) is 0 Å². The zero-order valence-corrected chi connectivity index (χ0v) is 13.8. The molecule has 2 rings (SSSR count). The first-order valence-corrected chi connectivity index (χ1v) is 9.23. The Balaban J connectivity index is 2.07. The van der Waals surface area contributed by atoms with Crippen LogP contribution in [-0.4, -0.2) is 21.5 Å². The molecule has 2 N–H and O–H groups in total. The van der Waals surface area contributed by atoms with Crippen molar-refractivity contribution in [3.8, 4) is 0 Å². The van der Waals surface area contributed by atoms with Crippen LogP contribution in [0.25, 0.3) is 0 Å². The van der Waals surface area contributed by atoms with Gasteiger partial charge in [-0.2, -0.15) is 0 Å². The van der Waals surface area contributed by atoms with Crippen molar-refractivity contribution in [2.45, 2.75) is 51.0 Å². The monoisotopic (exact) mass is 310 g/mol. The van der Waals surface area contributed by atoms with Crippen LogP contribution in [0.5, 0.6) is 0 Å². The fourth-order valence-electron chi connectivity index (χ4n) is 2.62. The molecule has 1 aromatic carbocycles.